The fourth-order valence-corrected chi connectivity index (χ4v) is 3.39. The summed E-state index contributed by atoms with van der Waals surface area (Å²) in [5.74, 6) is 0.801. The molecule has 2 aromatic carbocycles. The van der Waals surface area contributed by atoms with E-state index in [-0.39, 0.29) is 5.78 Å². The first-order chi connectivity index (χ1) is 13.0. The molecule has 0 spiro atoms. The van der Waals surface area contributed by atoms with E-state index in [1.165, 1.54) is 11.1 Å². The van der Waals surface area contributed by atoms with Gasteiger partial charge in [-0.3, -0.25) is 9.79 Å². The summed E-state index contributed by atoms with van der Waals surface area (Å²) < 4.78 is 0. The van der Waals surface area contributed by atoms with E-state index in [4.69, 9.17) is 4.98 Å². The molecule has 4 heteroatoms. The van der Waals surface area contributed by atoms with Gasteiger partial charge in [0.2, 0.25) is 0 Å². The first-order valence-electron chi connectivity index (χ1n) is 9.01. The molecule has 1 N–H and O–H groups in total. The number of hydrogen-bond acceptors (Lipinski definition) is 3. The summed E-state index contributed by atoms with van der Waals surface area (Å²) in [7, 11) is 0. The van der Waals surface area contributed by atoms with Crippen LogP contribution in [0.4, 0.5) is 0 Å². The van der Waals surface area contributed by atoms with Gasteiger partial charge in [0.1, 0.15) is 5.82 Å². The second kappa shape index (κ2) is 6.80. The number of fused-ring (bicyclic) bond motifs is 1. The molecule has 1 aliphatic rings. The summed E-state index contributed by atoms with van der Waals surface area (Å²) in [6, 6.07) is 12.2. The van der Waals surface area contributed by atoms with Crippen molar-refractivity contribution in [2.75, 3.05) is 0 Å². The number of benzene rings is 2. The number of aromatic amines is 1. The maximum Gasteiger partial charge on any atom is 0.162 e. The predicted molar refractivity (Wildman–Crippen MR) is 111 cm³/mol. The Morgan fingerprint density at radius 1 is 1.07 bits per heavy atom. The number of nitrogens with zero attached hydrogens (tertiary/aromatic N) is 2. The van der Waals surface area contributed by atoms with Crippen molar-refractivity contribution in [2.24, 2.45) is 4.99 Å². The molecular formula is C23H21N3O. The topological polar surface area (TPSA) is 58.1 Å². The van der Waals surface area contributed by atoms with Gasteiger partial charge in [0.05, 0.1) is 11.0 Å². The van der Waals surface area contributed by atoms with Crippen molar-refractivity contribution < 1.29 is 4.79 Å². The minimum atomic E-state index is 0.0291. The molecule has 1 aromatic heterocycles. The maximum absolute atomic E-state index is 12.0. The Hall–Kier alpha value is -3.27. The average molecular weight is 355 g/mol. The minimum absolute atomic E-state index is 0.0291. The lowest BCUT2D eigenvalue weighted by Crippen LogP contribution is -1.94. The molecule has 3 aromatic rings. The van der Waals surface area contributed by atoms with E-state index in [1.54, 1.807) is 6.92 Å². The Morgan fingerprint density at radius 2 is 1.81 bits per heavy atom. The third-order valence-electron chi connectivity index (χ3n) is 4.78. The zero-order valence-electron chi connectivity index (χ0n) is 15.7. The van der Waals surface area contributed by atoms with Gasteiger partial charge in [0, 0.05) is 23.5 Å². The largest absolute Gasteiger partial charge is 0.338 e. The molecule has 4 nitrogen and oxygen atoms in total. The van der Waals surface area contributed by atoms with Crippen LogP contribution in [0.5, 0.6) is 0 Å². The third kappa shape index (κ3) is 3.38. The van der Waals surface area contributed by atoms with Crippen molar-refractivity contribution in [3.05, 3.63) is 70.9 Å². The second-order valence-corrected chi connectivity index (χ2v) is 7.07. The van der Waals surface area contributed by atoms with E-state index in [0.717, 1.165) is 40.0 Å². The lowest BCUT2D eigenvalue weighted by atomic mass is 9.99. The molecule has 0 saturated carbocycles. The molecule has 134 valence electrons. The van der Waals surface area contributed by atoms with E-state index < -0.39 is 0 Å². The van der Waals surface area contributed by atoms with Crippen LogP contribution in [0.3, 0.4) is 0 Å². The molecule has 0 amide bonds. The van der Waals surface area contributed by atoms with Crippen molar-refractivity contribution in [2.45, 2.75) is 27.2 Å². The van der Waals surface area contributed by atoms with Crippen LogP contribution in [0.15, 0.2) is 59.2 Å². The number of Topliss-reactive ketones (excluding diaryl/α,β-unsaturated/α-hetero) is 1. The molecule has 1 aliphatic heterocycles. The van der Waals surface area contributed by atoms with Gasteiger partial charge in [-0.1, -0.05) is 29.8 Å². The average Bonchev–Trinajstić information content (AvgIpc) is 2.95. The van der Waals surface area contributed by atoms with Gasteiger partial charge in [-0.05, 0) is 62.1 Å². The SMILES string of the molecule is CC(=O)c1cc(C)cc2[nH]c(-c3ccc(C4=CN=CC=C(C)C4)cc3)nc12. The van der Waals surface area contributed by atoms with Gasteiger partial charge in [-0.25, -0.2) is 4.98 Å². The number of hydrogen-bond donors (Lipinski definition) is 1. The smallest absolute Gasteiger partial charge is 0.162 e. The highest BCUT2D eigenvalue weighted by molar-refractivity contribution is 6.05. The Kier molecular flexibility index (Phi) is 4.32. The normalized spacial score (nSPS) is 14.0. The molecular weight excluding hydrogens is 334 g/mol. The summed E-state index contributed by atoms with van der Waals surface area (Å²) in [6.07, 6.45) is 6.69. The predicted octanol–water partition coefficient (Wildman–Crippen LogP) is 5.50. The zero-order valence-corrected chi connectivity index (χ0v) is 15.7. The lowest BCUT2D eigenvalue weighted by Gasteiger charge is -2.07. The maximum atomic E-state index is 12.0. The van der Waals surface area contributed by atoms with E-state index in [9.17, 15) is 4.79 Å². The van der Waals surface area contributed by atoms with Crippen molar-refractivity contribution in [3.63, 3.8) is 0 Å². The number of rotatable bonds is 3. The first-order valence-corrected chi connectivity index (χ1v) is 9.01. The quantitative estimate of drug-likeness (QED) is 0.630. The van der Waals surface area contributed by atoms with Crippen molar-refractivity contribution >= 4 is 28.6 Å². The van der Waals surface area contributed by atoms with Crippen LogP contribution in [0.2, 0.25) is 0 Å². The summed E-state index contributed by atoms with van der Waals surface area (Å²) in [6.45, 7) is 5.68. The fraction of sp³-hybridized carbons (Fsp3) is 0.174. The number of aromatic nitrogens is 2. The highest BCUT2D eigenvalue weighted by Crippen LogP contribution is 2.28. The first kappa shape index (κ1) is 17.2. The third-order valence-corrected chi connectivity index (χ3v) is 4.78. The second-order valence-electron chi connectivity index (χ2n) is 7.07. The Bertz CT molecular complexity index is 1130. The fourth-order valence-electron chi connectivity index (χ4n) is 3.39. The Balaban J connectivity index is 1.71. The van der Waals surface area contributed by atoms with Gasteiger partial charge in [-0.2, -0.15) is 0 Å². The monoisotopic (exact) mass is 355 g/mol. The minimum Gasteiger partial charge on any atom is -0.338 e. The van der Waals surface area contributed by atoms with Crippen LogP contribution >= 0.6 is 0 Å². The molecule has 0 unspecified atom stereocenters. The van der Waals surface area contributed by atoms with Crippen LogP contribution in [-0.4, -0.2) is 22.0 Å². The van der Waals surface area contributed by atoms with Gasteiger partial charge >= 0.3 is 0 Å². The molecule has 4 rings (SSSR count). The van der Waals surface area contributed by atoms with E-state index in [2.05, 4.69) is 41.2 Å². The number of carbonyl (C=O) groups excluding carboxylic acids is 1. The van der Waals surface area contributed by atoms with Crippen molar-refractivity contribution in [1.82, 2.24) is 9.97 Å². The van der Waals surface area contributed by atoms with Crippen molar-refractivity contribution in [1.29, 1.82) is 0 Å². The van der Waals surface area contributed by atoms with Crippen LogP contribution < -0.4 is 0 Å². The van der Waals surface area contributed by atoms with E-state index in [0.29, 0.717) is 5.56 Å². The number of H-pyrrole nitrogens is 1. The molecule has 0 fully saturated rings. The van der Waals surface area contributed by atoms with Crippen LogP contribution in [0.1, 0.15) is 41.8 Å². The van der Waals surface area contributed by atoms with Gasteiger partial charge < -0.3 is 4.98 Å². The van der Waals surface area contributed by atoms with E-state index >= 15 is 0 Å². The molecule has 27 heavy (non-hydrogen) atoms. The standard InChI is InChI=1S/C23H21N3O/c1-14-8-9-24-13-19(10-14)17-4-6-18(7-5-17)23-25-21-12-15(2)11-20(16(3)27)22(21)26-23/h4-9,11-13H,10H2,1-3H3,(H,25,26). The highest BCUT2D eigenvalue weighted by atomic mass is 16.1. The summed E-state index contributed by atoms with van der Waals surface area (Å²) in [5.41, 5.74) is 7.96. The molecule has 0 aliphatic carbocycles. The van der Waals surface area contributed by atoms with Crippen LogP contribution in [-0.2, 0) is 0 Å². The number of aryl methyl sites for hydroxylation is 1. The summed E-state index contributed by atoms with van der Waals surface area (Å²) in [4.78, 5) is 24.3. The number of imidazole rings is 1. The van der Waals surface area contributed by atoms with Gasteiger partial charge in [-0.15, -0.1) is 0 Å². The van der Waals surface area contributed by atoms with Gasteiger partial charge in [0.25, 0.3) is 0 Å². The van der Waals surface area contributed by atoms with Gasteiger partial charge in [0.15, 0.2) is 5.78 Å². The number of allylic oxidation sites excluding steroid dienone is 3. The number of ketones is 1. The summed E-state index contributed by atoms with van der Waals surface area (Å²) >= 11 is 0. The van der Waals surface area contributed by atoms with Crippen LogP contribution in [0.25, 0.3) is 28.0 Å². The Labute approximate surface area is 158 Å². The molecule has 0 saturated heterocycles. The molecule has 0 radical (unpaired) electrons. The number of carbonyl (C=O) groups is 1. The van der Waals surface area contributed by atoms with E-state index in [1.807, 2.05) is 37.5 Å². The van der Waals surface area contributed by atoms with Crippen LogP contribution in [0, 0.1) is 6.92 Å². The summed E-state index contributed by atoms with van der Waals surface area (Å²) in [5, 5.41) is 0. The number of nitrogens with one attached hydrogen (secondary N) is 1. The highest BCUT2D eigenvalue weighted by Gasteiger charge is 2.13. The number of aliphatic imine (C=N–C) groups is 1. The lowest BCUT2D eigenvalue weighted by molar-refractivity contribution is 0.101. The zero-order chi connectivity index (χ0) is 19.0. The van der Waals surface area contributed by atoms with Crippen molar-refractivity contribution in [3.8, 4) is 11.4 Å². The molecule has 2 heterocycles. The molecule has 0 bridgehead atoms. The Morgan fingerprint density at radius 3 is 2.56 bits per heavy atom. The molecule has 0 atom stereocenters.